The summed E-state index contributed by atoms with van der Waals surface area (Å²) in [7, 11) is -2.10. The van der Waals surface area contributed by atoms with E-state index in [1.165, 1.54) is 0 Å². The van der Waals surface area contributed by atoms with E-state index in [0.717, 1.165) is 25.7 Å². The fraction of sp³-hybridized carbons (Fsp3) is 0.941. The van der Waals surface area contributed by atoms with Crippen molar-refractivity contribution in [2.24, 2.45) is 28.1 Å². The van der Waals surface area contributed by atoms with Crippen LogP contribution in [-0.2, 0) is 14.9 Å². The van der Waals surface area contributed by atoms with E-state index in [-0.39, 0.29) is 31.6 Å². The number of aliphatic hydroxyl groups is 1. The molecule has 0 aromatic carbocycles. The molecule has 10 nitrogen and oxygen atoms in total. The van der Waals surface area contributed by atoms with E-state index in [0.29, 0.717) is 17.9 Å². The topological polar surface area (TPSA) is 133 Å². The summed E-state index contributed by atoms with van der Waals surface area (Å²) in [5.74, 6) is 1.31. The minimum atomic E-state index is -4.06. The van der Waals surface area contributed by atoms with Gasteiger partial charge in [0.1, 0.15) is 0 Å². The average molecular weight is 418 g/mol. The van der Waals surface area contributed by atoms with Crippen molar-refractivity contribution >= 4 is 16.3 Å². The maximum absolute atomic E-state index is 12.0. The van der Waals surface area contributed by atoms with E-state index in [2.05, 4.69) is 15.1 Å². The second kappa shape index (κ2) is 8.11. The van der Waals surface area contributed by atoms with Crippen molar-refractivity contribution in [2.45, 2.75) is 63.6 Å². The number of aliphatic hydroxyl groups excluding tert-OH is 1. The molecule has 11 heteroatoms. The number of fused-ring (bicyclic) bond motifs is 2. The number of carbonyl (C=O) groups excluding carboxylic acids is 1. The summed E-state index contributed by atoms with van der Waals surface area (Å²) in [6, 6.07) is 0.625. The van der Waals surface area contributed by atoms with Gasteiger partial charge in [-0.05, 0) is 63.7 Å². The molecule has 2 fully saturated rings. The monoisotopic (exact) mass is 417 g/mol. The second-order valence-corrected chi connectivity index (χ2v) is 10.1. The summed E-state index contributed by atoms with van der Waals surface area (Å²) >= 11 is 0. The van der Waals surface area contributed by atoms with Gasteiger partial charge in [-0.25, -0.2) is 9.52 Å². The molecular formula is C17H31N5O5S. The van der Waals surface area contributed by atoms with Gasteiger partial charge in [0.2, 0.25) is 0 Å². The molecule has 2 unspecified atom stereocenters. The summed E-state index contributed by atoms with van der Waals surface area (Å²) in [6.07, 6.45) is 3.34. The fourth-order valence-electron chi connectivity index (χ4n) is 4.55. The van der Waals surface area contributed by atoms with Crippen LogP contribution < -0.4 is 9.44 Å². The van der Waals surface area contributed by atoms with E-state index < -0.39 is 21.8 Å². The van der Waals surface area contributed by atoms with Gasteiger partial charge in [0.25, 0.3) is 0 Å². The second-order valence-electron chi connectivity index (χ2n) is 8.72. The van der Waals surface area contributed by atoms with E-state index in [1.807, 2.05) is 16.8 Å². The molecule has 2 saturated carbocycles. The number of nitrogens with one attached hydrogen (secondary N) is 2. The third-order valence-electron chi connectivity index (χ3n) is 6.14. The molecule has 1 heterocycles. The number of nitrogens with zero attached hydrogens (tertiary/aromatic N) is 3. The number of likely N-dealkylation sites (N-methyl/N-ethyl adjacent to an activating group) is 1. The van der Waals surface area contributed by atoms with Gasteiger partial charge < -0.3 is 9.84 Å². The molecule has 0 saturated heterocycles. The van der Waals surface area contributed by atoms with Gasteiger partial charge in [0.05, 0.1) is 18.7 Å². The molecule has 160 valence electrons. The van der Waals surface area contributed by atoms with Crippen LogP contribution in [0.15, 0.2) is 10.3 Å². The molecule has 3 N–H and O–H groups in total. The molecule has 28 heavy (non-hydrogen) atoms. The Morgan fingerprint density at radius 3 is 2.61 bits per heavy atom. The molecule has 5 atom stereocenters. The Hall–Kier alpha value is -1.46. The Morgan fingerprint density at radius 1 is 1.25 bits per heavy atom. The summed E-state index contributed by atoms with van der Waals surface area (Å²) in [4.78, 5) is 11.9. The van der Waals surface area contributed by atoms with Gasteiger partial charge in [-0.15, -0.1) is 0 Å². The van der Waals surface area contributed by atoms with Crippen LogP contribution in [0.5, 0.6) is 0 Å². The quantitative estimate of drug-likeness (QED) is 0.570. The fourth-order valence-corrected chi connectivity index (χ4v) is 5.71. The van der Waals surface area contributed by atoms with Gasteiger partial charge in [-0.3, -0.25) is 5.01 Å². The largest absolute Gasteiger partial charge is 0.449 e. The highest BCUT2D eigenvalue weighted by molar-refractivity contribution is 7.88. The first-order chi connectivity index (χ1) is 13.1. The first kappa shape index (κ1) is 21.3. The highest BCUT2D eigenvalue weighted by atomic mass is 32.2. The zero-order valence-corrected chi connectivity index (χ0v) is 17.5. The molecule has 0 aromatic heterocycles. The summed E-state index contributed by atoms with van der Waals surface area (Å²) in [6.45, 7) is 3.31. The van der Waals surface area contributed by atoms with E-state index in [4.69, 9.17) is 9.84 Å². The highest BCUT2D eigenvalue weighted by Crippen LogP contribution is 2.54. The lowest BCUT2D eigenvalue weighted by Gasteiger charge is -2.24. The van der Waals surface area contributed by atoms with Crippen LogP contribution in [0.2, 0.25) is 0 Å². The molecule has 0 aromatic rings. The minimum Gasteiger partial charge on any atom is -0.449 e. The number of hydrogen-bond donors (Lipinski definition) is 3. The Labute approximate surface area is 166 Å². The van der Waals surface area contributed by atoms with Crippen molar-refractivity contribution in [1.29, 1.82) is 0 Å². The van der Waals surface area contributed by atoms with Gasteiger partial charge in [-0.1, -0.05) is 5.22 Å². The zero-order valence-electron chi connectivity index (χ0n) is 16.7. The highest BCUT2D eigenvalue weighted by Gasteiger charge is 2.52. The molecule has 0 spiro atoms. The van der Waals surface area contributed by atoms with Crippen molar-refractivity contribution in [3.8, 4) is 0 Å². The third-order valence-corrected chi connectivity index (χ3v) is 7.39. The Balaban J connectivity index is 1.44. The molecule has 0 radical (unpaired) electrons. The van der Waals surface area contributed by atoms with Crippen molar-refractivity contribution in [1.82, 2.24) is 14.5 Å². The van der Waals surface area contributed by atoms with Crippen LogP contribution in [0.1, 0.15) is 46.0 Å². The van der Waals surface area contributed by atoms with Gasteiger partial charge >= 0.3 is 16.3 Å². The number of carbonyl (C=O) groups is 1. The molecule has 3 aliphatic rings. The summed E-state index contributed by atoms with van der Waals surface area (Å²) in [5.41, 5.74) is -0.870. The van der Waals surface area contributed by atoms with E-state index in [9.17, 15) is 13.2 Å². The lowest BCUT2D eigenvalue weighted by molar-refractivity contribution is 0.143. The predicted octanol–water partition coefficient (Wildman–Crippen LogP) is 1.19. The maximum Gasteiger partial charge on any atom is 0.421 e. The standard InChI is InChI=1S/C17H31N5O5S/c1-17(2,8-9-23)20-28(25,26)19-16(24)27-10-13-11-4-6-14-15(7-5-12(11)13)22(3)21-18-14/h11-15,20,23H,4-10H2,1-3H3,(H,19,24)/t11-,12+,13-,14?,15?/m0/s1. The predicted molar refractivity (Wildman–Crippen MR) is 101 cm³/mol. The molecule has 2 aliphatic carbocycles. The van der Waals surface area contributed by atoms with E-state index >= 15 is 0 Å². The molecule has 3 rings (SSSR count). The van der Waals surface area contributed by atoms with Gasteiger partial charge in [0.15, 0.2) is 0 Å². The maximum atomic E-state index is 12.0. The van der Waals surface area contributed by atoms with Crippen LogP contribution >= 0.6 is 0 Å². The Bertz CT molecular complexity index is 713. The SMILES string of the molecule is CN1N=NC2CC[C@H]3[C@@H](CCC21)[C@H]3COC(=O)NS(=O)(=O)NC(C)(C)CCO. The van der Waals surface area contributed by atoms with Gasteiger partial charge in [0, 0.05) is 19.2 Å². The lowest BCUT2D eigenvalue weighted by Crippen LogP contribution is -2.50. The average Bonchev–Trinajstić information content (AvgIpc) is 3.08. The van der Waals surface area contributed by atoms with Crippen molar-refractivity contribution in [2.75, 3.05) is 20.3 Å². The van der Waals surface area contributed by atoms with Crippen molar-refractivity contribution < 1.29 is 23.1 Å². The van der Waals surface area contributed by atoms with Gasteiger partial charge in [-0.2, -0.15) is 18.3 Å². The normalized spacial score (nSPS) is 32.1. The van der Waals surface area contributed by atoms with Crippen LogP contribution in [0.3, 0.4) is 0 Å². The molecule has 1 amide bonds. The molecule has 1 aliphatic heterocycles. The van der Waals surface area contributed by atoms with Crippen molar-refractivity contribution in [3.05, 3.63) is 0 Å². The first-order valence-electron chi connectivity index (χ1n) is 9.85. The van der Waals surface area contributed by atoms with E-state index in [1.54, 1.807) is 13.8 Å². The zero-order chi connectivity index (χ0) is 20.5. The number of amides is 1. The Kier molecular flexibility index (Phi) is 6.16. The summed E-state index contributed by atoms with van der Waals surface area (Å²) in [5, 5.41) is 19.4. The summed E-state index contributed by atoms with van der Waals surface area (Å²) < 4.78 is 33.5. The minimum absolute atomic E-state index is 0.163. The smallest absolute Gasteiger partial charge is 0.421 e. The number of rotatable bonds is 7. The van der Waals surface area contributed by atoms with Crippen LogP contribution in [0, 0.1) is 17.8 Å². The number of hydrogen-bond acceptors (Lipinski definition) is 8. The molecular weight excluding hydrogens is 386 g/mol. The molecule has 0 bridgehead atoms. The van der Waals surface area contributed by atoms with Crippen LogP contribution in [0.25, 0.3) is 0 Å². The lowest BCUT2D eigenvalue weighted by atomic mass is 9.93. The van der Waals surface area contributed by atoms with Crippen LogP contribution in [-0.4, -0.2) is 62.5 Å². The Morgan fingerprint density at radius 2 is 1.93 bits per heavy atom. The number of ether oxygens (including phenoxy) is 1. The van der Waals surface area contributed by atoms with Crippen LogP contribution in [0.4, 0.5) is 4.79 Å². The van der Waals surface area contributed by atoms with Crippen molar-refractivity contribution in [3.63, 3.8) is 0 Å². The first-order valence-corrected chi connectivity index (χ1v) is 11.3. The third kappa shape index (κ3) is 5.12.